The molecule has 0 spiro atoms. The van der Waals surface area contributed by atoms with E-state index in [2.05, 4.69) is 11.3 Å². The van der Waals surface area contributed by atoms with Gasteiger partial charge in [-0.3, -0.25) is 4.79 Å². The maximum Gasteiger partial charge on any atom is 0.333 e. The van der Waals surface area contributed by atoms with Crippen LogP contribution in [0.15, 0.2) is 12.2 Å². The van der Waals surface area contributed by atoms with Gasteiger partial charge in [0, 0.05) is 5.57 Å². The monoisotopic (exact) mass is 172 g/mol. The minimum absolute atomic E-state index is 0.230. The average molecular weight is 172 g/mol. The van der Waals surface area contributed by atoms with Crippen molar-refractivity contribution in [2.45, 2.75) is 20.0 Å². The van der Waals surface area contributed by atoms with Gasteiger partial charge in [0.25, 0.3) is 0 Å². The zero-order valence-corrected chi connectivity index (χ0v) is 7.16. The highest BCUT2D eigenvalue weighted by Crippen LogP contribution is 1.93. The molecule has 0 aliphatic rings. The highest BCUT2D eigenvalue weighted by Gasteiger charge is 2.11. The zero-order valence-electron chi connectivity index (χ0n) is 7.16. The Labute approximate surface area is 70.8 Å². The van der Waals surface area contributed by atoms with Gasteiger partial charge in [0.05, 0.1) is 0 Å². The van der Waals surface area contributed by atoms with E-state index in [4.69, 9.17) is 5.11 Å². The lowest BCUT2D eigenvalue weighted by molar-refractivity contribution is -0.146. The van der Waals surface area contributed by atoms with Crippen molar-refractivity contribution in [1.82, 2.24) is 0 Å². The summed E-state index contributed by atoms with van der Waals surface area (Å²) in [6.45, 7) is 5.73. The zero-order chi connectivity index (χ0) is 9.72. The van der Waals surface area contributed by atoms with Crippen LogP contribution in [0.25, 0.3) is 0 Å². The summed E-state index contributed by atoms with van der Waals surface area (Å²) in [5, 5.41) is 8.71. The molecule has 0 aliphatic heterocycles. The molecule has 68 valence electrons. The molecule has 1 N–H and O–H groups in total. The smallest absolute Gasteiger partial charge is 0.333 e. The first-order valence-electron chi connectivity index (χ1n) is 3.48. The molecule has 0 radical (unpaired) electrons. The molecule has 12 heavy (non-hydrogen) atoms. The largest absolute Gasteiger partial charge is 0.454 e. The van der Waals surface area contributed by atoms with Crippen LogP contribution in [0.1, 0.15) is 13.8 Å². The lowest BCUT2D eigenvalue weighted by Crippen LogP contribution is -2.23. The minimum Gasteiger partial charge on any atom is -0.454 e. The average Bonchev–Trinajstić information content (AvgIpc) is 1.98. The van der Waals surface area contributed by atoms with E-state index in [-0.39, 0.29) is 5.57 Å². The molecular formula is C8H12O4. The number of carbonyl (C=O) groups is 2. The summed E-state index contributed by atoms with van der Waals surface area (Å²) in [6.07, 6.45) is -1.09. The SMILES string of the molecule is C=C(C)C(=O)OCC(=O)C(C)O. The molecule has 0 aromatic heterocycles. The van der Waals surface area contributed by atoms with Crippen LogP contribution in [0, 0.1) is 0 Å². The second kappa shape index (κ2) is 4.66. The van der Waals surface area contributed by atoms with Crippen LogP contribution in [0.4, 0.5) is 0 Å². The van der Waals surface area contributed by atoms with E-state index in [1.54, 1.807) is 0 Å². The molecule has 1 unspecified atom stereocenters. The van der Waals surface area contributed by atoms with Crippen molar-refractivity contribution in [3.63, 3.8) is 0 Å². The van der Waals surface area contributed by atoms with E-state index in [0.29, 0.717) is 0 Å². The molecule has 0 fully saturated rings. The van der Waals surface area contributed by atoms with E-state index in [1.807, 2.05) is 0 Å². The Kier molecular flexibility index (Phi) is 4.21. The van der Waals surface area contributed by atoms with E-state index in [0.717, 1.165) is 0 Å². The van der Waals surface area contributed by atoms with Crippen LogP contribution < -0.4 is 0 Å². The number of rotatable bonds is 4. The highest BCUT2D eigenvalue weighted by molar-refractivity contribution is 5.90. The number of carbonyl (C=O) groups excluding carboxylic acids is 2. The maximum atomic E-state index is 10.7. The Morgan fingerprint density at radius 2 is 2.08 bits per heavy atom. The number of hydrogen-bond donors (Lipinski definition) is 1. The Balaban J connectivity index is 3.77. The first-order valence-corrected chi connectivity index (χ1v) is 3.48. The van der Waals surface area contributed by atoms with Gasteiger partial charge < -0.3 is 9.84 Å². The van der Waals surface area contributed by atoms with E-state index in [1.165, 1.54) is 13.8 Å². The van der Waals surface area contributed by atoms with E-state index in [9.17, 15) is 9.59 Å². The predicted octanol–water partition coefficient (Wildman–Crippen LogP) is 0.0556. The second-order valence-corrected chi connectivity index (χ2v) is 2.50. The molecule has 0 heterocycles. The first kappa shape index (κ1) is 10.8. The summed E-state index contributed by atoms with van der Waals surface area (Å²) < 4.78 is 4.48. The fraction of sp³-hybridized carbons (Fsp3) is 0.500. The normalized spacial score (nSPS) is 11.9. The number of Topliss-reactive ketones (excluding diaryl/α,β-unsaturated/α-hetero) is 1. The van der Waals surface area contributed by atoms with Gasteiger partial charge in [-0.25, -0.2) is 4.79 Å². The summed E-state index contributed by atoms with van der Waals surface area (Å²) in [5.74, 6) is -1.14. The number of esters is 1. The fourth-order valence-electron chi connectivity index (χ4n) is 0.380. The molecule has 0 saturated carbocycles. The molecule has 0 aliphatic carbocycles. The minimum atomic E-state index is -1.09. The van der Waals surface area contributed by atoms with Crippen molar-refractivity contribution in [3.8, 4) is 0 Å². The van der Waals surface area contributed by atoms with Gasteiger partial charge in [-0.2, -0.15) is 0 Å². The molecule has 4 nitrogen and oxygen atoms in total. The highest BCUT2D eigenvalue weighted by atomic mass is 16.5. The molecular weight excluding hydrogens is 160 g/mol. The van der Waals surface area contributed by atoms with Crippen molar-refractivity contribution in [3.05, 3.63) is 12.2 Å². The third-order valence-electron chi connectivity index (χ3n) is 1.16. The van der Waals surface area contributed by atoms with Crippen LogP contribution in [0.3, 0.4) is 0 Å². The lowest BCUT2D eigenvalue weighted by Gasteiger charge is -2.04. The number of ketones is 1. The Morgan fingerprint density at radius 1 is 1.58 bits per heavy atom. The van der Waals surface area contributed by atoms with Crippen LogP contribution in [-0.4, -0.2) is 29.6 Å². The van der Waals surface area contributed by atoms with Crippen molar-refractivity contribution < 1.29 is 19.4 Å². The van der Waals surface area contributed by atoms with Gasteiger partial charge in [0.1, 0.15) is 6.10 Å². The van der Waals surface area contributed by atoms with Crippen molar-refractivity contribution >= 4 is 11.8 Å². The van der Waals surface area contributed by atoms with Crippen molar-refractivity contribution in [1.29, 1.82) is 0 Å². The van der Waals surface area contributed by atoms with Gasteiger partial charge in [0.15, 0.2) is 12.4 Å². The molecule has 0 saturated heterocycles. The topological polar surface area (TPSA) is 63.6 Å². The third kappa shape index (κ3) is 3.88. The van der Waals surface area contributed by atoms with Gasteiger partial charge in [-0.1, -0.05) is 6.58 Å². The number of ether oxygens (including phenoxy) is 1. The van der Waals surface area contributed by atoms with Gasteiger partial charge >= 0.3 is 5.97 Å². The standard InChI is InChI=1S/C8H12O4/c1-5(2)8(11)12-4-7(10)6(3)9/h6,9H,1,4H2,2-3H3. The molecule has 0 aromatic carbocycles. The number of aliphatic hydroxyl groups is 1. The summed E-state index contributed by atoms with van der Waals surface area (Å²) >= 11 is 0. The molecule has 0 aromatic rings. The Morgan fingerprint density at radius 3 is 2.42 bits per heavy atom. The Bertz CT molecular complexity index is 205. The quantitative estimate of drug-likeness (QED) is 0.481. The van der Waals surface area contributed by atoms with Gasteiger partial charge in [-0.15, -0.1) is 0 Å². The summed E-state index contributed by atoms with van der Waals surface area (Å²) in [5.41, 5.74) is 0.230. The van der Waals surface area contributed by atoms with Gasteiger partial charge in [-0.05, 0) is 13.8 Å². The van der Waals surface area contributed by atoms with E-state index < -0.39 is 24.5 Å². The third-order valence-corrected chi connectivity index (χ3v) is 1.16. The number of aliphatic hydroxyl groups excluding tert-OH is 1. The van der Waals surface area contributed by atoms with Crippen molar-refractivity contribution in [2.75, 3.05) is 6.61 Å². The van der Waals surface area contributed by atoms with Crippen molar-refractivity contribution in [2.24, 2.45) is 0 Å². The van der Waals surface area contributed by atoms with Crippen LogP contribution >= 0.6 is 0 Å². The van der Waals surface area contributed by atoms with Gasteiger partial charge in [0.2, 0.25) is 0 Å². The fourth-order valence-corrected chi connectivity index (χ4v) is 0.380. The lowest BCUT2D eigenvalue weighted by atomic mass is 10.3. The number of hydrogen-bond acceptors (Lipinski definition) is 4. The Hall–Kier alpha value is -1.16. The van der Waals surface area contributed by atoms with Crippen LogP contribution in [0.2, 0.25) is 0 Å². The van der Waals surface area contributed by atoms with E-state index >= 15 is 0 Å². The molecule has 0 bridgehead atoms. The van der Waals surface area contributed by atoms with Crippen LogP contribution in [-0.2, 0) is 14.3 Å². The summed E-state index contributed by atoms with van der Waals surface area (Å²) in [6, 6.07) is 0. The molecule has 4 heteroatoms. The molecule has 0 amide bonds. The first-order chi connectivity index (χ1) is 5.45. The van der Waals surface area contributed by atoms with Crippen LogP contribution in [0.5, 0.6) is 0 Å². The molecule has 1 atom stereocenters. The maximum absolute atomic E-state index is 10.7. The predicted molar refractivity (Wildman–Crippen MR) is 42.5 cm³/mol. The summed E-state index contributed by atoms with van der Waals surface area (Å²) in [4.78, 5) is 21.4. The molecule has 0 rings (SSSR count). The second-order valence-electron chi connectivity index (χ2n) is 2.50. The summed E-state index contributed by atoms with van der Waals surface area (Å²) in [7, 11) is 0.